The second kappa shape index (κ2) is 9.92. The van der Waals surface area contributed by atoms with Gasteiger partial charge in [0.05, 0.1) is 9.88 Å². The molecule has 6 nitrogen and oxygen atoms in total. The number of rotatable bonds is 6. The number of nitrogen functional groups attached to an aromatic ring is 1. The summed E-state index contributed by atoms with van der Waals surface area (Å²) in [4.78, 5) is 12.5. The van der Waals surface area contributed by atoms with Crippen LogP contribution >= 0.6 is 11.3 Å². The van der Waals surface area contributed by atoms with Crippen molar-refractivity contribution in [1.29, 1.82) is 0 Å². The molecule has 1 aliphatic rings. The summed E-state index contributed by atoms with van der Waals surface area (Å²) in [6, 6.07) is 9.92. The minimum atomic E-state index is -0.489. The summed E-state index contributed by atoms with van der Waals surface area (Å²) in [5.74, 6) is 7.76. The second-order valence-electron chi connectivity index (χ2n) is 8.87. The summed E-state index contributed by atoms with van der Waals surface area (Å²) >= 11 is 1.73. The van der Waals surface area contributed by atoms with Crippen LogP contribution in [0.25, 0.3) is 10.4 Å². The first-order chi connectivity index (χ1) is 15.8. The van der Waals surface area contributed by atoms with Crippen LogP contribution in [0.2, 0.25) is 0 Å². The van der Waals surface area contributed by atoms with Gasteiger partial charge in [-0.25, -0.2) is 9.97 Å². The largest absolute Gasteiger partial charge is 0.485 e. The highest BCUT2D eigenvalue weighted by atomic mass is 32.1. The average molecular weight is 463 g/mol. The van der Waals surface area contributed by atoms with Crippen molar-refractivity contribution in [2.45, 2.75) is 38.4 Å². The van der Waals surface area contributed by atoms with E-state index in [-0.39, 0.29) is 0 Å². The Kier molecular flexibility index (Phi) is 6.99. The number of hydrogen-bond acceptors (Lipinski definition) is 7. The zero-order chi connectivity index (χ0) is 23.4. The van der Waals surface area contributed by atoms with Gasteiger partial charge in [-0.15, -0.1) is 11.3 Å². The van der Waals surface area contributed by atoms with Crippen LogP contribution in [0.1, 0.15) is 42.3 Å². The molecule has 0 amide bonds. The Balaban J connectivity index is 1.46. The molecule has 1 atom stereocenters. The van der Waals surface area contributed by atoms with Crippen LogP contribution in [-0.4, -0.2) is 47.7 Å². The fourth-order valence-electron chi connectivity index (χ4n) is 3.63. The Bertz CT molecular complexity index is 1180. The molecule has 0 bridgehead atoms. The first kappa shape index (κ1) is 23.2. The topological polar surface area (TPSA) is 73.5 Å². The molecule has 3 heterocycles. The number of hydrogen-bond donors (Lipinski definition) is 1. The van der Waals surface area contributed by atoms with Crippen molar-refractivity contribution in [3.05, 3.63) is 58.9 Å². The number of ether oxygens (including phenoxy) is 2. The Morgan fingerprint density at radius 1 is 1.24 bits per heavy atom. The molecule has 0 aliphatic carbocycles. The van der Waals surface area contributed by atoms with Crippen molar-refractivity contribution in [1.82, 2.24) is 14.9 Å². The number of benzene rings is 1. The van der Waals surface area contributed by atoms with E-state index in [0.717, 1.165) is 41.1 Å². The van der Waals surface area contributed by atoms with Crippen LogP contribution < -0.4 is 10.5 Å². The van der Waals surface area contributed by atoms with E-state index in [2.05, 4.69) is 33.8 Å². The Morgan fingerprint density at radius 3 is 2.85 bits per heavy atom. The third kappa shape index (κ3) is 5.91. The molecular formula is C26H30N4O2S. The minimum absolute atomic E-state index is 0.374. The predicted octanol–water partition coefficient (Wildman–Crippen LogP) is 4.56. The first-order valence-electron chi connectivity index (χ1n) is 11.0. The molecule has 1 unspecified atom stereocenters. The Labute approximate surface area is 199 Å². The Morgan fingerprint density at radius 2 is 2.09 bits per heavy atom. The van der Waals surface area contributed by atoms with E-state index < -0.39 is 5.60 Å². The summed E-state index contributed by atoms with van der Waals surface area (Å²) in [7, 11) is 3.82. The number of likely N-dealkylation sites (N-methyl/N-ethyl adjacent to an activating group) is 1. The number of nitrogens with two attached hydrogens (primary N) is 1. The van der Waals surface area contributed by atoms with Gasteiger partial charge in [-0.3, -0.25) is 0 Å². The molecule has 7 heteroatoms. The zero-order valence-corrected chi connectivity index (χ0v) is 20.4. The highest BCUT2D eigenvalue weighted by Gasteiger charge is 2.24. The molecule has 0 saturated carbocycles. The summed E-state index contributed by atoms with van der Waals surface area (Å²) in [5.41, 5.74) is 8.50. The van der Waals surface area contributed by atoms with Crippen LogP contribution in [0.4, 0.5) is 5.82 Å². The smallest absolute Gasteiger partial charge is 0.166 e. The standard InChI is InChI=1S/C26H30N4O2S/c1-26(2,31-4)10-8-18-6-5-7-19(12-18)17-32-22-13-21(14-28-24(22)27)23-15-29-25(33-23)20-9-11-30(3)16-20/h5-7,12-15,20H,9,11,16-17H2,1-4H3,(H2,27,28). The van der Waals surface area contributed by atoms with Crippen molar-refractivity contribution in [2.24, 2.45) is 0 Å². The molecular weight excluding hydrogens is 432 g/mol. The number of thiazole rings is 1. The zero-order valence-electron chi connectivity index (χ0n) is 19.6. The molecule has 0 spiro atoms. The lowest BCUT2D eigenvalue weighted by atomic mass is 10.1. The van der Waals surface area contributed by atoms with E-state index in [1.54, 1.807) is 24.6 Å². The van der Waals surface area contributed by atoms with Crippen molar-refractivity contribution in [2.75, 3.05) is 33.0 Å². The van der Waals surface area contributed by atoms with Crippen LogP contribution in [0.3, 0.4) is 0 Å². The molecule has 0 radical (unpaired) electrons. The Hall–Kier alpha value is -2.92. The highest BCUT2D eigenvalue weighted by molar-refractivity contribution is 7.15. The molecule has 1 saturated heterocycles. The maximum atomic E-state index is 6.10. The molecule has 1 aromatic carbocycles. The van der Waals surface area contributed by atoms with Crippen LogP contribution in [-0.2, 0) is 11.3 Å². The quantitative estimate of drug-likeness (QED) is 0.542. The van der Waals surface area contributed by atoms with E-state index in [1.165, 1.54) is 5.01 Å². The fraction of sp³-hybridized carbons (Fsp3) is 0.385. The van der Waals surface area contributed by atoms with E-state index >= 15 is 0 Å². The number of anilines is 1. The number of pyridine rings is 1. The van der Waals surface area contributed by atoms with Gasteiger partial charge < -0.3 is 20.1 Å². The van der Waals surface area contributed by atoms with Gasteiger partial charge in [0.2, 0.25) is 0 Å². The van der Waals surface area contributed by atoms with Gasteiger partial charge in [-0.05, 0) is 57.6 Å². The van der Waals surface area contributed by atoms with E-state index in [4.69, 9.17) is 15.2 Å². The monoisotopic (exact) mass is 462 g/mol. The highest BCUT2D eigenvalue weighted by Crippen LogP contribution is 2.35. The number of methoxy groups -OCH3 is 1. The summed E-state index contributed by atoms with van der Waals surface area (Å²) < 4.78 is 11.4. The lowest BCUT2D eigenvalue weighted by Crippen LogP contribution is -2.19. The van der Waals surface area contributed by atoms with Gasteiger partial charge >= 0.3 is 0 Å². The maximum Gasteiger partial charge on any atom is 0.166 e. The van der Waals surface area contributed by atoms with Crippen molar-refractivity contribution >= 4 is 17.2 Å². The van der Waals surface area contributed by atoms with Gasteiger partial charge in [0.15, 0.2) is 11.6 Å². The van der Waals surface area contributed by atoms with E-state index in [0.29, 0.717) is 24.1 Å². The SMILES string of the molecule is COC(C)(C)C#Cc1cccc(COc2cc(-c3cnc(C4CCN(C)C4)s3)cnc2N)c1. The summed E-state index contributed by atoms with van der Waals surface area (Å²) in [6.07, 6.45) is 4.87. The van der Waals surface area contributed by atoms with Crippen molar-refractivity contribution in [3.63, 3.8) is 0 Å². The third-order valence-corrected chi connectivity index (χ3v) is 6.98. The number of nitrogens with zero attached hydrogens (tertiary/aromatic N) is 3. The van der Waals surface area contributed by atoms with Gasteiger partial charge in [-0.2, -0.15) is 0 Å². The predicted molar refractivity (Wildman–Crippen MR) is 133 cm³/mol. The molecule has 33 heavy (non-hydrogen) atoms. The summed E-state index contributed by atoms with van der Waals surface area (Å²) in [6.45, 7) is 6.44. The van der Waals surface area contributed by atoms with Crippen LogP contribution in [0, 0.1) is 11.8 Å². The molecule has 1 aliphatic heterocycles. The van der Waals surface area contributed by atoms with Gasteiger partial charge in [0, 0.05) is 43.1 Å². The van der Waals surface area contributed by atoms with E-state index in [1.807, 2.05) is 50.4 Å². The average Bonchev–Trinajstić information content (AvgIpc) is 3.47. The molecule has 4 rings (SSSR count). The van der Waals surface area contributed by atoms with Gasteiger partial charge in [0.1, 0.15) is 12.2 Å². The third-order valence-electron chi connectivity index (χ3n) is 5.77. The lowest BCUT2D eigenvalue weighted by molar-refractivity contribution is 0.0742. The molecule has 3 aromatic rings. The molecule has 2 N–H and O–H groups in total. The fourth-order valence-corrected chi connectivity index (χ4v) is 4.65. The normalized spacial score (nSPS) is 16.4. The van der Waals surface area contributed by atoms with Crippen LogP contribution in [0.5, 0.6) is 5.75 Å². The van der Waals surface area contributed by atoms with Crippen molar-refractivity contribution in [3.8, 4) is 28.0 Å². The van der Waals surface area contributed by atoms with E-state index in [9.17, 15) is 0 Å². The maximum absolute atomic E-state index is 6.10. The molecule has 1 fully saturated rings. The van der Waals surface area contributed by atoms with Gasteiger partial charge in [0.25, 0.3) is 0 Å². The minimum Gasteiger partial charge on any atom is -0.485 e. The number of aromatic nitrogens is 2. The second-order valence-corrected chi connectivity index (χ2v) is 9.93. The summed E-state index contributed by atoms with van der Waals surface area (Å²) in [5, 5.41) is 1.18. The number of likely N-dealkylation sites (tertiary alicyclic amines) is 1. The van der Waals surface area contributed by atoms with Gasteiger partial charge in [-0.1, -0.05) is 24.0 Å². The van der Waals surface area contributed by atoms with Crippen LogP contribution in [0.15, 0.2) is 42.7 Å². The molecule has 172 valence electrons. The van der Waals surface area contributed by atoms with Crippen molar-refractivity contribution < 1.29 is 9.47 Å². The molecule has 2 aromatic heterocycles. The first-order valence-corrected chi connectivity index (χ1v) is 11.8. The lowest BCUT2D eigenvalue weighted by Gasteiger charge is -2.14.